The molecule has 0 saturated heterocycles. The summed E-state index contributed by atoms with van der Waals surface area (Å²) in [5.74, 6) is 0. The van der Waals surface area contributed by atoms with Crippen molar-refractivity contribution in [3.05, 3.63) is 44.7 Å². The van der Waals surface area contributed by atoms with E-state index in [1.54, 1.807) is 5.70 Å². The molecule has 0 aliphatic heterocycles. The molecule has 1 fully saturated rings. The molecule has 0 aromatic heterocycles. The highest BCUT2D eigenvalue weighted by Crippen LogP contribution is 2.24. The maximum absolute atomic E-state index is 8.24. The van der Waals surface area contributed by atoms with Gasteiger partial charge in [-0.3, -0.25) is 28.8 Å². The minimum atomic E-state index is 0.500. The Morgan fingerprint density at radius 1 is 0.643 bits per heavy atom. The van der Waals surface area contributed by atoms with Gasteiger partial charge in [0, 0.05) is 10.2 Å². The Bertz CT molecular complexity index is 409. The fraction of sp³-hybridized carbons (Fsp3) is 0.429. The molecule has 1 saturated carbocycles. The topological polar surface area (TPSA) is 236 Å². The lowest BCUT2D eigenvalue weighted by Gasteiger charge is -2.15. The number of isocyanates is 6. The lowest BCUT2D eigenvalue weighted by molar-refractivity contribution is 0.504. The standard InChI is InChI=1S/C6H11Si.C2H3Si.6CNO/c7-6-4-2-1-3-5-6;1-2-3;6*2-1-3/h6H,1-5H2;2H,1H2;;;;;;/q;;6*-1. The molecular formula is C14H14N6O6Si2-6. The van der Waals surface area contributed by atoms with Crippen LogP contribution in [-0.2, 0) is 28.8 Å². The van der Waals surface area contributed by atoms with E-state index in [1.807, 2.05) is 0 Å². The van der Waals surface area contributed by atoms with E-state index in [9.17, 15) is 0 Å². The Hall–Kier alpha value is -3.55. The molecule has 1 aliphatic carbocycles. The lowest BCUT2D eigenvalue weighted by Crippen LogP contribution is -1.98. The van der Waals surface area contributed by atoms with Crippen molar-refractivity contribution in [3.8, 4) is 0 Å². The van der Waals surface area contributed by atoms with Crippen LogP contribution >= 0.6 is 0 Å². The van der Waals surface area contributed by atoms with Crippen LogP contribution < -0.4 is 0 Å². The van der Waals surface area contributed by atoms with E-state index >= 15 is 0 Å². The molecule has 150 valence electrons. The summed E-state index contributed by atoms with van der Waals surface area (Å²) in [7, 11) is 6.58. The second kappa shape index (κ2) is 90.1. The van der Waals surface area contributed by atoms with Crippen LogP contribution in [0.1, 0.15) is 32.1 Å². The van der Waals surface area contributed by atoms with Gasteiger partial charge in [0.2, 0.25) is 0 Å². The predicted octanol–water partition coefficient (Wildman–Crippen LogP) is 1.56. The van der Waals surface area contributed by atoms with Gasteiger partial charge in [0.05, 0.1) is 10.2 Å². The zero-order chi connectivity index (χ0) is 24.1. The molecule has 0 bridgehead atoms. The van der Waals surface area contributed by atoms with E-state index in [2.05, 4.69) is 27.1 Å². The SMILES string of the molecule is C=C[Si].[N-]=C=O.[N-]=C=O.[N-]=C=O.[N-]=C=O.[N-]=C=O.[N-]=C=O.[Si]C1CCCCC1. The quantitative estimate of drug-likeness (QED) is 0.321. The first-order chi connectivity index (χ1) is 13.3. The van der Waals surface area contributed by atoms with Crippen molar-refractivity contribution < 1.29 is 28.8 Å². The number of hydrogen-bond donors (Lipinski definition) is 0. The first kappa shape index (κ1) is 44.2. The van der Waals surface area contributed by atoms with Crippen molar-refractivity contribution in [2.24, 2.45) is 0 Å². The number of rotatable bonds is 0. The summed E-state index contributed by atoms with van der Waals surface area (Å²) in [5, 5.41) is 40.6. The largest absolute Gasteiger partial charge is 0.724 e. The molecule has 0 spiro atoms. The van der Waals surface area contributed by atoms with Gasteiger partial charge in [-0.05, 0) is 36.5 Å². The Labute approximate surface area is 168 Å². The summed E-state index contributed by atoms with van der Waals surface area (Å²) in [5.41, 5.74) is 2.40. The van der Waals surface area contributed by atoms with E-state index < -0.39 is 0 Å². The fourth-order valence-electron chi connectivity index (χ4n) is 1.10. The van der Waals surface area contributed by atoms with E-state index in [4.69, 9.17) is 61.2 Å². The van der Waals surface area contributed by atoms with Gasteiger partial charge in [0.1, 0.15) is 0 Å². The fourth-order valence-corrected chi connectivity index (χ4v) is 1.51. The highest BCUT2D eigenvalue weighted by Gasteiger charge is 2.06. The molecule has 12 nitrogen and oxygen atoms in total. The monoisotopic (exact) mass is 418 g/mol. The number of nitrogens with zero attached hydrogens (tertiary/aromatic N) is 6. The Balaban J connectivity index is -0.0000000375. The maximum atomic E-state index is 8.24. The average molecular weight is 418 g/mol. The molecule has 0 unspecified atom stereocenters. The van der Waals surface area contributed by atoms with Gasteiger partial charge < -0.3 is 32.5 Å². The van der Waals surface area contributed by atoms with Gasteiger partial charge in [-0.15, -0.1) is 12.3 Å². The summed E-state index contributed by atoms with van der Waals surface area (Å²) in [6, 6.07) is 0. The zero-order valence-corrected chi connectivity index (χ0v) is 16.5. The molecule has 0 amide bonds. The van der Waals surface area contributed by atoms with Crippen LogP contribution in [0.5, 0.6) is 0 Å². The molecule has 1 aliphatic rings. The van der Waals surface area contributed by atoms with Crippen molar-refractivity contribution in [2.45, 2.75) is 37.6 Å². The van der Waals surface area contributed by atoms with Crippen molar-refractivity contribution >= 4 is 57.0 Å². The predicted molar refractivity (Wildman–Crippen MR) is 103 cm³/mol. The second-order valence-electron chi connectivity index (χ2n) is 3.09. The van der Waals surface area contributed by atoms with Gasteiger partial charge in [0.25, 0.3) is 0 Å². The van der Waals surface area contributed by atoms with Crippen molar-refractivity contribution in [1.82, 2.24) is 0 Å². The van der Waals surface area contributed by atoms with Gasteiger partial charge in [-0.1, -0.05) is 37.6 Å². The summed E-state index contributed by atoms with van der Waals surface area (Å²) in [6.07, 6.45) is 10.1. The van der Waals surface area contributed by atoms with Crippen LogP contribution in [0.4, 0.5) is 0 Å². The van der Waals surface area contributed by atoms with Gasteiger partial charge in [-0.25, -0.2) is 0 Å². The van der Waals surface area contributed by atoms with E-state index in [0.29, 0.717) is 36.5 Å². The van der Waals surface area contributed by atoms with Gasteiger partial charge >= 0.3 is 0 Å². The van der Waals surface area contributed by atoms with Crippen LogP contribution in [-0.4, -0.2) is 57.0 Å². The molecule has 6 radical (unpaired) electrons. The minimum absolute atomic E-state index is 0.500. The molecule has 1 rings (SSSR count). The molecule has 0 atom stereocenters. The van der Waals surface area contributed by atoms with E-state index in [1.165, 1.54) is 32.1 Å². The minimum Gasteiger partial charge on any atom is -0.724 e. The molecule has 0 N–H and O–H groups in total. The normalized spacial score (nSPS) is 8.50. The maximum Gasteiger partial charge on any atom is 0.0592 e. The summed E-state index contributed by atoms with van der Waals surface area (Å²) in [4.78, 5) is 49.4. The molecule has 28 heavy (non-hydrogen) atoms. The zero-order valence-electron chi connectivity index (χ0n) is 14.5. The Kier molecular flexibility index (Phi) is 142. The van der Waals surface area contributed by atoms with Crippen LogP contribution in [0.2, 0.25) is 5.54 Å². The third-order valence-electron chi connectivity index (χ3n) is 1.61. The van der Waals surface area contributed by atoms with Crippen LogP contribution in [0.3, 0.4) is 0 Å². The number of hydrogen-bond acceptors (Lipinski definition) is 6. The molecule has 0 aromatic carbocycles. The lowest BCUT2D eigenvalue weighted by atomic mass is 10.0. The second-order valence-corrected chi connectivity index (χ2v) is 4.31. The van der Waals surface area contributed by atoms with Crippen molar-refractivity contribution in [2.75, 3.05) is 0 Å². The van der Waals surface area contributed by atoms with Crippen molar-refractivity contribution in [3.63, 3.8) is 0 Å². The summed E-state index contributed by atoms with van der Waals surface area (Å²) in [6.45, 7) is 3.27. The summed E-state index contributed by atoms with van der Waals surface area (Å²) >= 11 is 0. The Morgan fingerprint density at radius 2 is 0.786 bits per heavy atom. The Morgan fingerprint density at radius 3 is 0.857 bits per heavy atom. The third-order valence-corrected chi connectivity index (χ3v) is 2.18. The van der Waals surface area contributed by atoms with Gasteiger partial charge in [-0.2, -0.15) is 0 Å². The third kappa shape index (κ3) is 521. The first-order valence-electron chi connectivity index (χ1n) is 6.37. The van der Waals surface area contributed by atoms with E-state index in [-0.39, 0.29) is 0 Å². The van der Waals surface area contributed by atoms with Crippen LogP contribution in [0.15, 0.2) is 12.3 Å². The van der Waals surface area contributed by atoms with E-state index in [0.717, 1.165) is 5.54 Å². The average Bonchev–Trinajstić information content (AvgIpc) is 2.60. The van der Waals surface area contributed by atoms with Gasteiger partial charge in [0.15, 0.2) is 0 Å². The summed E-state index contributed by atoms with van der Waals surface area (Å²) < 4.78 is 0. The highest BCUT2D eigenvalue weighted by atomic mass is 28.1. The smallest absolute Gasteiger partial charge is 0.0592 e. The van der Waals surface area contributed by atoms with Crippen LogP contribution in [0.25, 0.3) is 32.5 Å². The molecule has 0 heterocycles. The number of carbonyl (C=O) groups excluding carboxylic acids is 6. The molecule has 14 heteroatoms. The van der Waals surface area contributed by atoms with Crippen LogP contribution in [0, 0.1) is 0 Å². The highest BCUT2D eigenvalue weighted by molar-refractivity contribution is 6.16. The first-order valence-corrected chi connectivity index (χ1v) is 7.52. The molecular weight excluding hydrogens is 404 g/mol. The van der Waals surface area contributed by atoms with Crippen molar-refractivity contribution in [1.29, 1.82) is 0 Å². The molecule has 0 aromatic rings.